The second-order valence-electron chi connectivity index (χ2n) is 1.53. The first-order chi connectivity index (χ1) is 4.36. The molecule has 0 saturated heterocycles. The summed E-state index contributed by atoms with van der Waals surface area (Å²) in [5.41, 5.74) is 0.430. The van der Waals surface area contributed by atoms with E-state index in [1.54, 1.807) is 6.07 Å². The third kappa shape index (κ3) is 0.579. The van der Waals surface area contributed by atoms with Gasteiger partial charge in [0.15, 0.2) is 5.58 Å². The summed E-state index contributed by atoms with van der Waals surface area (Å²) in [6.45, 7) is 0. The lowest BCUT2D eigenvalue weighted by Gasteiger charge is -1.63. The number of hydrogen-bond donors (Lipinski definition) is 0. The van der Waals surface area contributed by atoms with Crippen LogP contribution in [0, 0.1) is 0 Å². The van der Waals surface area contributed by atoms with Crippen molar-refractivity contribution in [2.24, 2.45) is 0 Å². The van der Waals surface area contributed by atoms with E-state index in [2.05, 4.69) is 8.19 Å². The summed E-state index contributed by atoms with van der Waals surface area (Å²) in [7, 11) is -2.32. The van der Waals surface area contributed by atoms with E-state index in [-0.39, 0.29) is 5.78 Å². The first-order valence-corrected chi connectivity index (χ1v) is 3.56. The molecule has 5 heteroatoms. The Morgan fingerprint density at radius 1 is 1.44 bits per heavy atom. The molecule has 2 heterocycles. The molecular formula is C4H2O4Si. The Labute approximate surface area is 50.5 Å². The summed E-state index contributed by atoms with van der Waals surface area (Å²) in [4.78, 5) is 0. The fourth-order valence-corrected chi connectivity index (χ4v) is 1.29. The van der Waals surface area contributed by atoms with Gasteiger partial charge in [-0.2, -0.15) is 0 Å². The first kappa shape index (κ1) is 4.75. The van der Waals surface area contributed by atoms with Gasteiger partial charge in [0.1, 0.15) is 0 Å². The standard InChI is InChI=1S/C4H2O4Si/c5-9-7-3-1-2-6-4(3)8-9/h1-2H. The molecule has 0 amide bonds. The van der Waals surface area contributed by atoms with E-state index in [1.165, 1.54) is 6.26 Å². The molecule has 0 bridgehead atoms. The molecule has 46 valence electrons. The minimum Gasteiger partial charge on any atom is -0.451 e. The quantitative estimate of drug-likeness (QED) is 0.517. The second-order valence-corrected chi connectivity index (χ2v) is 2.43. The number of rotatable bonds is 0. The van der Waals surface area contributed by atoms with Gasteiger partial charge in [0.05, 0.1) is 6.26 Å². The van der Waals surface area contributed by atoms with Gasteiger partial charge in [-0.05, 0) is 0 Å². The SMILES string of the molecule is O=[si]1oc2ccoc2o1. The lowest BCUT2D eigenvalue weighted by molar-refractivity contribution is 0.450. The average molecular weight is 142 g/mol. The largest absolute Gasteiger partial charge is 0.781 e. The van der Waals surface area contributed by atoms with Gasteiger partial charge in [0, 0.05) is 6.07 Å². The zero-order valence-electron chi connectivity index (χ0n) is 4.29. The molecule has 2 rings (SSSR count). The van der Waals surface area contributed by atoms with Crippen LogP contribution in [0.4, 0.5) is 0 Å². The summed E-state index contributed by atoms with van der Waals surface area (Å²) >= 11 is 0. The average Bonchev–Trinajstić information content (AvgIpc) is 2.22. The molecule has 9 heavy (non-hydrogen) atoms. The van der Waals surface area contributed by atoms with Crippen molar-refractivity contribution in [1.29, 1.82) is 0 Å². The summed E-state index contributed by atoms with van der Waals surface area (Å²) in [6.07, 6.45) is 1.42. The highest BCUT2D eigenvalue weighted by Crippen LogP contribution is 2.12. The topological polar surface area (TPSA) is 56.5 Å². The van der Waals surface area contributed by atoms with Crippen molar-refractivity contribution in [2.75, 3.05) is 0 Å². The van der Waals surface area contributed by atoms with Crippen molar-refractivity contribution in [1.82, 2.24) is 0 Å². The van der Waals surface area contributed by atoms with Gasteiger partial charge in [-0.3, -0.25) is 4.46 Å². The van der Waals surface area contributed by atoms with Gasteiger partial charge in [-0.1, -0.05) is 0 Å². The minimum atomic E-state index is -2.32. The van der Waals surface area contributed by atoms with E-state index in [9.17, 15) is 4.46 Å². The van der Waals surface area contributed by atoms with E-state index in [0.717, 1.165) is 0 Å². The summed E-state index contributed by atoms with van der Waals surface area (Å²) in [6, 6.07) is 1.56. The predicted octanol–water partition coefficient (Wildman–Crippen LogP) is 1.12. The number of furan rings is 1. The lowest BCUT2D eigenvalue weighted by Crippen LogP contribution is -1.62. The van der Waals surface area contributed by atoms with Crippen LogP contribution in [0.15, 0.2) is 24.9 Å². The molecular weight excluding hydrogens is 140 g/mol. The molecule has 0 spiro atoms. The molecule has 0 saturated carbocycles. The Bertz CT molecular complexity index is 335. The summed E-state index contributed by atoms with van der Waals surface area (Å²) in [5, 5.41) is 0. The molecule has 0 fully saturated rings. The van der Waals surface area contributed by atoms with E-state index >= 15 is 0 Å². The van der Waals surface area contributed by atoms with E-state index < -0.39 is 8.80 Å². The normalized spacial score (nSPS) is 10.7. The molecule has 0 aliphatic heterocycles. The van der Waals surface area contributed by atoms with Crippen LogP contribution in [0.1, 0.15) is 0 Å². The number of fused-ring (bicyclic) bond motifs is 1. The van der Waals surface area contributed by atoms with Crippen LogP contribution in [-0.4, -0.2) is 8.80 Å². The van der Waals surface area contributed by atoms with Crippen molar-refractivity contribution < 1.29 is 17.1 Å². The summed E-state index contributed by atoms with van der Waals surface area (Å²) < 4.78 is 24.4. The van der Waals surface area contributed by atoms with Gasteiger partial charge >= 0.3 is 14.6 Å². The Morgan fingerprint density at radius 2 is 2.33 bits per heavy atom. The van der Waals surface area contributed by atoms with Crippen LogP contribution in [0.2, 0.25) is 0 Å². The maximum Gasteiger partial charge on any atom is 0.781 e. The van der Waals surface area contributed by atoms with Crippen molar-refractivity contribution >= 4 is 20.2 Å². The zero-order valence-corrected chi connectivity index (χ0v) is 5.29. The maximum atomic E-state index is 10.4. The molecule has 2 aromatic heterocycles. The third-order valence-electron chi connectivity index (χ3n) is 0.965. The van der Waals surface area contributed by atoms with Crippen LogP contribution in [0.3, 0.4) is 0 Å². The molecule has 0 aromatic carbocycles. The molecule has 0 unspecified atom stereocenters. The smallest absolute Gasteiger partial charge is 0.451 e. The fourth-order valence-electron chi connectivity index (χ4n) is 0.620. The fraction of sp³-hybridized carbons (Fsp3) is 0. The molecule has 0 atom stereocenters. The highest BCUT2D eigenvalue weighted by Gasteiger charge is 2.06. The Hall–Kier alpha value is -1.10. The molecule has 2 aromatic rings. The van der Waals surface area contributed by atoms with E-state index in [0.29, 0.717) is 5.58 Å². The van der Waals surface area contributed by atoms with Crippen LogP contribution >= 0.6 is 0 Å². The number of hydrogen-bond acceptors (Lipinski definition) is 4. The van der Waals surface area contributed by atoms with Crippen LogP contribution in [0.25, 0.3) is 11.4 Å². The Balaban J connectivity index is 3.08. The van der Waals surface area contributed by atoms with Crippen molar-refractivity contribution in [3.05, 3.63) is 12.3 Å². The first-order valence-electron chi connectivity index (χ1n) is 2.33. The van der Waals surface area contributed by atoms with Gasteiger partial charge < -0.3 is 12.6 Å². The van der Waals surface area contributed by atoms with Crippen LogP contribution in [-0.2, 0) is 4.46 Å². The van der Waals surface area contributed by atoms with Crippen molar-refractivity contribution in [3.8, 4) is 0 Å². The van der Waals surface area contributed by atoms with Crippen LogP contribution < -0.4 is 0 Å². The Kier molecular flexibility index (Phi) is 0.760. The van der Waals surface area contributed by atoms with E-state index in [4.69, 9.17) is 4.42 Å². The van der Waals surface area contributed by atoms with E-state index in [1.807, 2.05) is 0 Å². The lowest BCUT2D eigenvalue weighted by atomic mass is 10.6. The predicted molar refractivity (Wildman–Crippen MR) is 27.2 cm³/mol. The zero-order chi connectivity index (χ0) is 6.27. The van der Waals surface area contributed by atoms with Crippen LogP contribution in [0.5, 0.6) is 0 Å². The monoisotopic (exact) mass is 142 g/mol. The van der Waals surface area contributed by atoms with Crippen molar-refractivity contribution in [3.63, 3.8) is 0 Å². The maximum absolute atomic E-state index is 10.4. The van der Waals surface area contributed by atoms with Gasteiger partial charge in [-0.15, -0.1) is 0 Å². The Morgan fingerprint density at radius 3 is 3.11 bits per heavy atom. The van der Waals surface area contributed by atoms with Gasteiger partial charge in [0.2, 0.25) is 0 Å². The molecule has 4 nitrogen and oxygen atoms in total. The molecule has 0 aliphatic carbocycles. The van der Waals surface area contributed by atoms with Gasteiger partial charge in [0.25, 0.3) is 0 Å². The highest BCUT2D eigenvalue weighted by atomic mass is 28.2. The van der Waals surface area contributed by atoms with Crippen molar-refractivity contribution in [2.45, 2.75) is 0 Å². The third-order valence-corrected chi connectivity index (χ3v) is 1.70. The highest BCUT2D eigenvalue weighted by molar-refractivity contribution is 6.16. The molecule has 0 N–H and O–H groups in total. The molecule has 0 radical (unpaired) electrons. The second kappa shape index (κ2) is 1.44. The van der Waals surface area contributed by atoms with Gasteiger partial charge in [-0.25, -0.2) is 0 Å². The minimum absolute atomic E-state index is 0.221. The molecule has 0 aliphatic rings. The summed E-state index contributed by atoms with van der Waals surface area (Å²) in [5.74, 6) is 0.221.